The highest BCUT2D eigenvalue weighted by molar-refractivity contribution is 7.89. The molecule has 1 amide bonds. The molecule has 1 heterocycles. The lowest BCUT2D eigenvalue weighted by atomic mass is 10.1. The molecule has 0 bridgehead atoms. The van der Waals surface area contributed by atoms with Crippen LogP contribution in [-0.4, -0.2) is 63.1 Å². The quantitative estimate of drug-likeness (QED) is 0.614. The number of aliphatic hydroxyl groups excluding tert-OH is 1. The molecule has 31 heavy (non-hydrogen) atoms. The molecule has 0 radical (unpaired) electrons. The number of fused-ring (bicyclic) bond motifs is 1. The Morgan fingerprint density at radius 3 is 2.26 bits per heavy atom. The van der Waals surface area contributed by atoms with Gasteiger partial charge in [0.1, 0.15) is 0 Å². The molecule has 4 rings (SSSR count). The number of hydrogen-bond donors (Lipinski definition) is 2. The van der Waals surface area contributed by atoms with Gasteiger partial charge in [-0.15, -0.1) is 0 Å². The van der Waals surface area contributed by atoms with E-state index in [9.17, 15) is 13.2 Å². The summed E-state index contributed by atoms with van der Waals surface area (Å²) in [7, 11) is -3.55. The number of hydrogen-bond acceptors (Lipinski definition) is 5. The topological polar surface area (TPSA) is 89.9 Å². The van der Waals surface area contributed by atoms with Crippen LogP contribution in [0.2, 0.25) is 0 Å². The summed E-state index contributed by atoms with van der Waals surface area (Å²) in [5.74, 6) is -0.230. The van der Waals surface area contributed by atoms with E-state index in [-0.39, 0.29) is 19.1 Å². The van der Waals surface area contributed by atoms with Crippen LogP contribution in [0.3, 0.4) is 0 Å². The summed E-state index contributed by atoms with van der Waals surface area (Å²) >= 11 is 0. The van der Waals surface area contributed by atoms with Crippen LogP contribution in [0.1, 0.15) is 10.4 Å². The summed E-state index contributed by atoms with van der Waals surface area (Å²) in [6, 6.07) is 20.2. The van der Waals surface area contributed by atoms with E-state index < -0.39 is 10.0 Å². The first-order valence-electron chi connectivity index (χ1n) is 10.2. The zero-order chi connectivity index (χ0) is 21.8. The molecule has 0 atom stereocenters. The number of piperazine rings is 1. The molecule has 2 N–H and O–H groups in total. The molecule has 1 fully saturated rings. The maximum atomic E-state index is 13.1. The molecule has 0 aromatic heterocycles. The SMILES string of the molecule is O=C(NCCO)c1ccc(N2CCN(S(=O)(=O)c3ccc4ccccc4c3)CC2)cc1. The smallest absolute Gasteiger partial charge is 0.251 e. The fourth-order valence-electron chi connectivity index (χ4n) is 3.76. The van der Waals surface area contributed by atoms with Crippen molar-refractivity contribution in [2.45, 2.75) is 4.90 Å². The van der Waals surface area contributed by atoms with Gasteiger partial charge in [-0.1, -0.05) is 30.3 Å². The van der Waals surface area contributed by atoms with Crippen molar-refractivity contribution >= 4 is 32.4 Å². The third-order valence-electron chi connectivity index (χ3n) is 5.49. The van der Waals surface area contributed by atoms with Crippen LogP contribution >= 0.6 is 0 Å². The van der Waals surface area contributed by atoms with Gasteiger partial charge in [-0.2, -0.15) is 4.31 Å². The molecule has 1 saturated heterocycles. The summed E-state index contributed by atoms with van der Waals surface area (Å²) in [6.07, 6.45) is 0. The molecule has 1 aliphatic heterocycles. The van der Waals surface area contributed by atoms with E-state index in [1.165, 1.54) is 4.31 Å². The van der Waals surface area contributed by atoms with E-state index in [1.54, 1.807) is 24.3 Å². The lowest BCUT2D eigenvalue weighted by Crippen LogP contribution is -2.48. The van der Waals surface area contributed by atoms with Crippen molar-refractivity contribution in [1.82, 2.24) is 9.62 Å². The lowest BCUT2D eigenvalue weighted by Gasteiger charge is -2.35. The van der Waals surface area contributed by atoms with Crippen molar-refractivity contribution in [3.8, 4) is 0 Å². The van der Waals surface area contributed by atoms with Gasteiger partial charge in [0.25, 0.3) is 5.91 Å². The summed E-state index contributed by atoms with van der Waals surface area (Å²) in [6.45, 7) is 2.05. The number of carbonyl (C=O) groups is 1. The van der Waals surface area contributed by atoms with Crippen LogP contribution in [0, 0.1) is 0 Å². The largest absolute Gasteiger partial charge is 0.395 e. The third-order valence-corrected chi connectivity index (χ3v) is 7.38. The Hall–Kier alpha value is -2.94. The highest BCUT2D eigenvalue weighted by Gasteiger charge is 2.28. The van der Waals surface area contributed by atoms with Gasteiger partial charge in [0.05, 0.1) is 11.5 Å². The average Bonchev–Trinajstić information content (AvgIpc) is 2.82. The van der Waals surface area contributed by atoms with Crippen molar-refractivity contribution in [3.63, 3.8) is 0 Å². The second kappa shape index (κ2) is 9.05. The van der Waals surface area contributed by atoms with E-state index >= 15 is 0 Å². The number of nitrogens with zero attached hydrogens (tertiary/aromatic N) is 2. The predicted molar refractivity (Wildman–Crippen MR) is 121 cm³/mol. The molecule has 1 aliphatic rings. The molecular formula is C23H25N3O4S. The fourth-order valence-corrected chi connectivity index (χ4v) is 5.22. The van der Waals surface area contributed by atoms with Crippen LogP contribution in [0.15, 0.2) is 71.6 Å². The van der Waals surface area contributed by atoms with Gasteiger partial charge in [-0.25, -0.2) is 8.42 Å². The summed E-state index contributed by atoms with van der Waals surface area (Å²) in [4.78, 5) is 14.4. The monoisotopic (exact) mass is 439 g/mol. The maximum Gasteiger partial charge on any atom is 0.251 e. The van der Waals surface area contributed by atoms with Crippen LogP contribution in [0.5, 0.6) is 0 Å². The van der Waals surface area contributed by atoms with E-state index in [1.807, 2.05) is 42.5 Å². The number of aliphatic hydroxyl groups is 1. The Morgan fingerprint density at radius 2 is 1.58 bits per heavy atom. The maximum absolute atomic E-state index is 13.1. The minimum absolute atomic E-state index is 0.101. The highest BCUT2D eigenvalue weighted by atomic mass is 32.2. The number of sulfonamides is 1. The zero-order valence-corrected chi connectivity index (χ0v) is 17.9. The highest BCUT2D eigenvalue weighted by Crippen LogP contribution is 2.24. The number of nitrogens with one attached hydrogen (secondary N) is 1. The number of carbonyl (C=O) groups excluding carboxylic acids is 1. The Morgan fingerprint density at radius 1 is 0.903 bits per heavy atom. The van der Waals surface area contributed by atoms with Crippen LogP contribution in [0.25, 0.3) is 10.8 Å². The number of anilines is 1. The van der Waals surface area contributed by atoms with Gasteiger partial charge >= 0.3 is 0 Å². The first-order chi connectivity index (χ1) is 15.0. The van der Waals surface area contributed by atoms with Crippen molar-refractivity contribution in [1.29, 1.82) is 0 Å². The third kappa shape index (κ3) is 4.56. The Kier molecular flexibility index (Phi) is 6.22. The summed E-state index contributed by atoms with van der Waals surface area (Å²) in [5.41, 5.74) is 1.47. The first-order valence-corrected chi connectivity index (χ1v) is 11.7. The first kappa shape index (κ1) is 21.3. The predicted octanol–water partition coefficient (Wildman–Crippen LogP) is 2.07. The van der Waals surface area contributed by atoms with E-state index in [0.29, 0.717) is 36.6 Å². The number of amides is 1. The molecule has 0 saturated carbocycles. The van der Waals surface area contributed by atoms with E-state index in [2.05, 4.69) is 10.2 Å². The minimum atomic E-state index is -3.55. The van der Waals surface area contributed by atoms with Crippen LogP contribution < -0.4 is 10.2 Å². The van der Waals surface area contributed by atoms with Crippen molar-refractivity contribution in [3.05, 3.63) is 72.3 Å². The Labute approximate surface area is 182 Å². The molecule has 8 heteroatoms. The second-order valence-corrected chi connectivity index (χ2v) is 9.36. The molecule has 3 aromatic carbocycles. The Bertz CT molecular complexity index is 1170. The molecular weight excluding hydrogens is 414 g/mol. The normalized spacial score (nSPS) is 15.2. The Balaban J connectivity index is 1.42. The van der Waals surface area contributed by atoms with Crippen molar-refractivity contribution < 1.29 is 18.3 Å². The molecule has 162 valence electrons. The summed E-state index contributed by atoms with van der Waals surface area (Å²) < 4.78 is 27.8. The molecule has 0 aliphatic carbocycles. The van der Waals surface area contributed by atoms with Crippen molar-refractivity contribution in [2.24, 2.45) is 0 Å². The van der Waals surface area contributed by atoms with E-state index in [4.69, 9.17) is 5.11 Å². The number of benzene rings is 3. The van der Waals surface area contributed by atoms with Crippen LogP contribution in [0.4, 0.5) is 5.69 Å². The fraction of sp³-hybridized carbons (Fsp3) is 0.261. The van der Waals surface area contributed by atoms with Gasteiger partial charge in [0, 0.05) is 44.0 Å². The minimum Gasteiger partial charge on any atom is -0.395 e. The molecule has 0 unspecified atom stereocenters. The van der Waals surface area contributed by atoms with E-state index in [0.717, 1.165) is 16.5 Å². The van der Waals surface area contributed by atoms with Crippen LogP contribution in [-0.2, 0) is 10.0 Å². The van der Waals surface area contributed by atoms with Crippen molar-refractivity contribution in [2.75, 3.05) is 44.2 Å². The second-order valence-electron chi connectivity index (χ2n) is 7.43. The number of rotatable bonds is 6. The average molecular weight is 440 g/mol. The van der Waals surface area contributed by atoms with Gasteiger partial charge in [-0.3, -0.25) is 4.79 Å². The van der Waals surface area contributed by atoms with Gasteiger partial charge in [0.15, 0.2) is 0 Å². The summed E-state index contributed by atoms with van der Waals surface area (Å²) in [5, 5.41) is 13.3. The molecule has 3 aromatic rings. The standard InChI is InChI=1S/C23H25N3O4S/c27-16-11-24-23(28)19-5-8-21(9-6-19)25-12-14-26(15-13-25)31(29,30)22-10-7-18-3-1-2-4-20(18)17-22/h1-10,17,27H,11-16H2,(H,24,28). The lowest BCUT2D eigenvalue weighted by molar-refractivity contribution is 0.0945. The van der Waals surface area contributed by atoms with Gasteiger partial charge in [-0.05, 0) is 47.2 Å². The van der Waals surface area contributed by atoms with Gasteiger partial charge < -0.3 is 15.3 Å². The molecule has 7 nitrogen and oxygen atoms in total. The zero-order valence-electron chi connectivity index (χ0n) is 17.1. The van der Waals surface area contributed by atoms with Gasteiger partial charge in [0.2, 0.25) is 10.0 Å². The molecule has 0 spiro atoms.